The molecule has 0 aromatic carbocycles. The average Bonchev–Trinajstić information content (AvgIpc) is 0.722. The molecule has 4 nitrogen and oxygen atoms in total. The number of hydrogen-bond acceptors (Lipinski definition) is 4. The van der Waals surface area contributed by atoms with Gasteiger partial charge in [-0.1, -0.05) is 0 Å². The van der Waals surface area contributed by atoms with Crippen LogP contribution in [0.1, 0.15) is 0 Å². The molecule has 6 heteroatoms. The predicted octanol–water partition coefficient (Wildman–Crippen LogP) is -3.38. The SMILES string of the molecule is O=[Te](=O)([O-])[O-].[Ba+2]. The molecule has 0 saturated carbocycles. The Labute approximate surface area is 79.3 Å². The normalized spacial score (nSPS) is 9.67. The van der Waals surface area contributed by atoms with Gasteiger partial charge in [0.1, 0.15) is 0 Å². The van der Waals surface area contributed by atoms with E-state index in [0.717, 1.165) is 0 Å². The first-order chi connectivity index (χ1) is 2.00. The Kier molecular flexibility index (Phi) is 6.89. The molecule has 0 unspecified atom stereocenters. The van der Waals surface area contributed by atoms with Crippen LogP contribution < -0.4 is 6.94 Å². The summed E-state index contributed by atoms with van der Waals surface area (Å²) in [4.78, 5) is 0. The first kappa shape index (κ1) is 10.8. The third-order valence-corrected chi connectivity index (χ3v) is 0. The molecule has 0 aromatic heterocycles. The quantitative estimate of drug-likeness (QED) is 0.435. The van der Waals surface area contributed by atoms with Crippen LogP contribution in [0.15, 0.2) is 0 Å². The van der Waals surface area contributed by atoms with E-state index in [-0.39, 0.29) is 48.9 Å². The van der Waals surface area contributed by atoms with Gasteiger partial charge in [-0.15, -0.1) is 0 Å². The van der Waals surface area contributed by atoms with E-state index >= 15 is 0 Å². The number of rotatable bonds is 0. The van der Waals surface area contributed by atoms with Crippen molar-refractivity contribution in [1.82, 2.24) is 0 Å². The minimum absolute atomic E-state index is 0. The second kappa shape index (κ2) is 3.83. The maximum atomic E-state index is 8.63. The van der Waals surface area contributed by atoms with Crippen LogP contribution >= 0.6 is 0 Å². The van der Waals surface area contributed by atoms with E-state index < -0.39 is 19.0 Å². The average molecular weight is 329 g/mol. The van der Waals surface area contributed by atoms with E-state index in [1.807, 2.05) is 0 Å². The third kappa shape index (κ3) is 39.6. The Hall–Kier alpha value is 1.88. The maximum absolute atomic E-state index is 8.63. The predicted molar refractivity (Wildman–Crippen MR) is 12.9 cm³/mol. The molecule has 0 atom stereocenters. The molecule has 0 amide bonds. The molecule has 6 heavy (non-hydrogen) atoms. The summed E-state index contributed by atoms with van der Waals surface area (Å²) in [5.41, 5.74) is 0. The van der Waals surface area contributed by atoms with Gasteiger partial charge < -0.3 is 0 Å². The molecule has 0 bridgehead atoms. The zero-order valence-electron chi connectivity index (χ0n) is 2.75. The maximum Gasteiger partial charge on any atom is 2.00 e. The summed E-state index contributed by atoms with van der Waals surface area (Å²) in [6.45, 7) is 0. The third-order valence-electron chi connectivity index (χ3n) is 0. The van der Waals surface area contributed by atoms with Gasteiger partial charge in [0.25, 0.3) is 0 Å². The van der Waals surface area contributed by atoms with Gasteiger partial charge in [0.15, 0.2) is 0 Å². The van der Waals surface area contributed by atoms with Crippen LogP contribution in [0.3, 0.4) is 0 Å². The van der Waals surface area contributed by atoms with Crippen molar-refractivity contribution in [3.05, 3.63) is 0 Å². The van der Waals surface area contributed by atoms with E-state index in [4.69, 9.17) is 13.2 Å². The molecule has 0 aliphatic heterocycles. The Morgan fingerprint density at radius 1 is 1.17 bits per heavy atom. The van der Waals surface area contributed by atoms with Gasteiger partial charge in [-0.3, -0.25) is 0 Å². The molecule has 0 spiro atoms. The van der Waals surface area contributed by atoms with E-state index in [2.05, 4.69) is 0 Å². The summed E-state index contributed by atoms with van der Waals surface area (Å²) in [5.74, 6) is 0. The first-order valence-electron chi connectivity index (χ1n) is 0.667. The summed E-state index contributed by atoms with van der Waals surface area (Å²) in [6, 6.07) is 0. The van der Waals surface area contributed by atoms with Crippen LogP contribution in [-0.2, 0) is 6.21 Å². The van der Waals surface area contributed by atoms with Gasteiger partial charge in [0, 0.05) is 0 Å². The minimum Gasteiger partial charge on any atom is 2.00 e. The summed E-state index contributed by atoms with van der Waals surface area (Å²) < 4.78 is 34.5. The molecule has 0 N–H and O–H groups in total. The Balaban J connectivity index is 0. The summed E-state index contributed by atoms with van der Waals surface area (Å²) in [6.07, 6.45) is 0. The zero-order valence-corrected chi connectivity index (χ0v) is 9.52. The van der Waals surface area contributed by atoms with Gasteiger partial charge in [-0.25, -0.2) is 0 Å². The molecular formula is BaO4Te. The largest absolute Gasteiger partial charge is 2.00 e. The summed E-state index contributed by atoms with van der Waals surface area (Å²) >= 11 is -6.02. The molecular weight excluding hydrogens is 329 g/mol. The molecule has 0 heterocycles. The molecule has 0 radical (unpaired) electrons. The second-order valence-corrected chi connectivity index (χ2v) is 2.74. The van der Waals surface area contributed by atoms with Crippen LogP contribution in [0.4, 0.5) is 0 Å². The molecule has 0 aliphatic carbocycles. The van der Waals surface area contributed by atoms with Crippen molar-refractivity contribution >= 4 is 67.9 Å². The van der Waals surface area contributed by atoms with Crippen LogP contribution in [-0.4, -0.2) is 67.9 Å². The van der Waals surface area contributed by atoms with Crippen molar-refractivity contribution in [3.63, 3.8) is 0 Å². The Bertz CT molecular complexity index is 90.7. The smallest absolute Gasteiger partial charge is 2.00 e. The monoisotopic (exact) mass is 332 g/mol. The van der Waals surface area contributed by atoms with Gasteiger partial charge in [0.05, 0.1) is 0 Å². The van der Waals surface area contributed by atoms with Crippen LogP contribution in [0.2, 0.25) is 0 Å². The van der Waals surface area contributed by atoms with Gasteiger partial charge in [0.2, 0.25) is 0 Å². The fourth-order valence-corrected chi connectivity index (χ4v) is 0. The van der Waals surface area contributed by atoms with Crippen LogP contribution in [0.5, 0.6) is 0 Å². The van der Waals surface area contributed by atoms with E-state index in [1.165, 1.54) is 0 Å². The fourth-order valence-electron chi connectivity index (χ4n) is 0. The van der Waals surface area contributed by atoms with E-state index in [9.17, 15) is 0 Å². The van der Waals surface area contributed by atoms with E-state index in [1.54, 1.807) is 0 Å². The Morgan fingerprint density at radius 2 is 1.17 bits per heavy atom. The topological polar surface area (TPSA) is 80.3 Å². The molecule has 0 saturated heterocycles. The summed E-state index contributed by atoms with van der Waals surface area (Å²) in [5, 5.41) is 0. The van der Waals surface area contributed by atoms with Crippen LogP contribution in [0, 0.1) is 0 Å². The molecule has 0 fully saturated rings. The van der Waals surface area contributed by atoms with Crippen molar-refractivity contribution in [3.8, 4) is 0 Å². The second-order valence-electron chi connectivity index (χ2n) is 0.408. The van der Waals surface area contributed by atoms with Crippen molar-refractivity contribution in [1.29, 1.82) is 0 Å². The van der Waals surface area contributed by atoms with Crippen molar-refractivity contribution in [2.75, 3.05) is 0 Å². The van der Waals surface area contributed by atoms with Gasteiger partial charge in [-0.2, -0.15) is 0 Å². The Morgan fingerprint density at radius 3 is 1.17 bits per heavy atom. The van der Waals surface area contributed by atoms with Crippen molar-refractivity contribution in [2.45, 2.75) is 0 Å². The van der Waals surface area contributed by atoms with Crippen molar-refractivity contribution in [2.24, 2.45) is 0 Å². The number of hydrogen-bond donors (Lipinski definition) is 0. The standard InChI is InChI=1S/Ba.H2O4Te/c;1-5(2,3)4/h;(H2,1,2,3,4)/q+2;/p-2. The van der Waals surface area contributed by atoms with Gasteiger partial charge in [-0.05, 0) is 0 Å². The molecule has 0 rings (SSSR count). The molecule has 0 aromatic rings. The molecule has 32 valence electrons. The zero-order chi connectivity index (χ0) is 4.50. The van der Waals surface area contributed by atoms with E-state index in [0.29, 0.717) is 0 Å². The van der Waals surface area contributed by atoms with Crippen LogP contribution in [0.25, 0.3) is 0 Å². The molecule has 0 aliphatic rings. The van der Waals surface area contributed by atoms with Gasteiger partial charge >= 0.3 is 81.0 Å². The first-order valence-corrected chi connectivity index (χ1v) is 4.47. The summed E-state index contributed by atoms with van der Waals surface area (Å²) in [7, 11) is 0. The van der Waals surface area contributed by atoms with Crippen molar-refractivity contribution < 1.29 is 13.2 Å². The fraction of sp³-hybridized carbons (Fsp3) is 0. The minimum atomic E-state index is -6.02.